The normalized spacial score (nSPS) is 22.3. The molecule has 7 heteroatoms. The highest BCUT2D eigenvalue weighted by Gasteiger charge is 2.45. The molecule has 5 nitrogen and oxygen atoms in total. The van der Waals surface area contributed by atoms with Gasteiger partial charge in [0.15, 0.2) is 19.7 Å². The molecule has 1 aliphatic heterocycles. The zero-order valence-electron chi connectivity index (χ0n) is 14.4. The van der Waals surface area contributed by atoms with Crippen LogP contribution in [0.2, 0.25) is 0 Å². The van der Waals surface area contributed by atoms with Crippen LogP contribution in [-0.4, -0.2) is 46.2 Å². The second kappa shape index (κ2) is 7.90. The van der Waals surface area contributed by atoms with Gasteiger partial charge in [-0.25, -0.2) is 16.8 Å². The zero-order chi connectivity index (χ0) is 18.6. The van der Waals surface area contributed by atoms with E-state index >= 15 is 0 Å². The first-order valence-electron chi connectivity index (χ1n) is 8.65. The summed E-state index contributed by atoms with van der Waals surface area (Å²) in [4.78, 5) is 0.179. The summed E-state index contributed by atoms with van der Waals surface area (Å²) >= 11 is 0. The molecule has 0 bridgehead atoms. The van der Waals surface area contributed by atoms with Crippen molar-refractivity contribution >= 4 is 19.7 Å². The third-order valence-electron chi connectivity index (χ3n) is 4.66. The topological polar surface area (TPSA) is 80.3 Å². The largest absolute Gasteiger partial charge is 0.312 e. The minimum absolute atomic E-state index is 0.130. The fourth-order valence-electron chi connectivity index (χ4n) is 3.32. The molecule has 2 aromatic rings. The third-order valence-corrected chi connectivity index (χ3v) is 8.83. The molecule has 2 aromatic carbocycles. The van der Waals surface area contributed by atoms with Gasteiger partial charge in [0.2, 0.25) is 0 Å². The second-order valence-corrected chi connectivity index (χ2v) is 10.9. The van der Waals surface area contributed by atoms with Crippen molar-refractivity contribution in [2.75, 3.05) is 18.1 Å². The van der Waals surface area contributed by atoms with Crippen LogP contribution in [0.1, 0.15) is 12.0 Å². The summed E-state index contributed by atoms with van der Waals surface area (Å²) in [5.41, 5.74) is 1.21. The van der Waals surface area contributed by atoms with E-state index in [0.29, 0.717) is 6.54 Å². The van der Waals surface area contributed by atoms with Gasteiger partial charge in [0.25, 0.3) is 0 Å². The lowest BCUT2D eigenvalue weighted by molar-refractivity contribution is 0.520. The van der Waals surface area contributed by atoms with Crippen LogP contribution in [0.4, 0.5) is 0 Å². The highest BCUT2D eigenvalue weighted by atomic mass is 32.2. The summed E-state index contributed by atoms with van der Waals surface area (Å²) in [6.07, 6.45) is 1.68. The van der Waals surface area contributed by atoms with Gasteiger partial charge in [0.1, 0.15) is 0 Å². The second-order valence-electron chi connectivity index (χ2n) is 6.62. The molecule has 1 fully saturated rings. The number of benzene rings is 2. The van der Waals surface area contributed by atoms with Crippen LogP contribution in [0.15, 0.2) is 65.6 Å². The van der Waals surface area contributed by atoms with Crippen molar-refractivity contribution in [3.8, 4) is 0 Å². The van der Waals surface area contributed by atoms with E-state index in [2.05, 4.69) is 5.32 Å². The van der Waals surface area contributed by atoms with Crippen LogP contribution < -0.4 is 5.32 Å². The molecule has 3 rings (SSSR count). The molecule has 0 aromatic heterocycles. The summed E-state index contributed by atoms with van der Waals surface area (Å²) in [5, 5.41) is 2.24. The monoisotopic (exact) mass is 393 g/mol. The molecule has 0 spiro atoms. The van der Waals surface area contributed by atoms with Crippen LogP contribution in [0, 0.1) is 0 Å². The maximum atomic E-state index is 12.9. The zero-order valence-corrected chi connectivity index (χ0v) is 16.0. The fourth-order valence-corrected chi connectivity index (χ4v) is 8.06. The molecule has 1 aliphatic rings. The number of hydrogen-bond donors (Lipinski definition) is 1. The Bertz CT molecular complexity index is 926. The number of rotatable bonds is 7. The van der Waals surface area contributed by atoms with Crippen molar-refractivity contribution in [3.05, 3.63) is 66.2 Å². The number of nitrogens with one attached hydrogen (secondary N) is 1. The maximum absolute atomic E-state index is 12.9. The number of hydrogen-bond acceptors (Lipinski definition) is 5. The molecular formula is C19H23NO4S2. The van der Waals surface area contributed by atoms with E-state index < -0.39 is 31.0 Å². The highest BCUT2D eigenvalue weighted by molar-refractivity contribution is 7.96. The van der Waals surface area contributed by atoms with Crippen molar-refractivity contribution in [1.82, 2.24) is 5.32 Å². The SMILES string of the molecule is O=S1(=O)C[C@H](NCCCc2ccccc2)[C@@H](S(=O)(=O)c2ccccc2)C1. The Morgan fingerprint density at radius 3 is 2.19 bits per heavy atom. The van der Waals surface area contributed by atoms with Crippen LogP contribution in [0.5, 0.6) is 0 Å². The van der Waals surface area contributed by atoms with Gasteiger partial charge in [0.05, 0.1) is 21.7 Å². The Balaban J connectivity index is 1.67. The summed E-state index contributed by atoms with van der Waals surface area (Å²) in [5.74, 6) is -0.449. The Morgan fingerprint density at radius 1 is 0.923 bits per heavy atom. The Morgan fingerprint density at radius 2 is 1.54 bits per heavy atom. The van der Waals surface area contributed by atoms with Gasteiger partial charge in [-0.2, -0.15) is 0 Å². The van der Waals surface area contributed by atoms with Crippen LogP contribution in [0.3, 0.4) is 0 Å². The van der Waals surface area contributed by atoms with Crippen LogP contribution >= 0.6 is 0 Å². The van der Waals surface area contributed by atoms with E-state index in [1.165, 1.54) is 17.7 Å². The minimum atomic E-state index is -3.69. The Kier molecular flexibility index (Phi) is 5.79. The predicted octanol–water partition coefficient (Wildman–Crippen LogP) is 1.85. The molecule has 0 radical (unpaired) electrons. The van der Waals surface area contributed by atoms with Crippen molar-refractivity contribution in [2.24, 2.45) is 0 Å². The molecular weight excluding hydrogens is 370 g/mol. The lowest BCUT2D eigenvalue weighted by Gasteiger charge is -2.20. The first-order valence-corrected chi connectivity index (χ1v) is 12.0. The quantitative estimate of drug-likeness (QED) is 0.726. The summed E-state index contributed by atoms with van der Waals surface area (Å²) in [6.45, 7) is 0.579. The summed E-state index contributed by atoms with van der Waals surface area (Å²) < 4.78 is 49.9. The number of aryl methyl sites for hydroxylation is 1. The van der Waals surface area contributed by atoms with Crippen LogP contribution in [0.25, 0.3) is 0 Å². The molecule has 0 amide bonds. The first-order chi connectivity index (χ1) is 12.4. The molecule has 0 aliphatic carbocycles. The van der Waals surface area contributed by atoms with E-state index in [9.17, 15) is 16.8 Å². The lowest BCUT2D eigenvalue weighted by atomic mass is 10.1. The third kappa shape index (κ3) is 4.52. The molecule has 0 saturated carbocycles. The first kappa shape index (κ1) is 19.1. The van der Waals surface area contributed by atoms with Crippen molar-refractivity contribution in [1.29, 1.82) is 0 Å². The summed E-state index contributed by atoms with van der Waals surface area (Å²) in [7, 11) is -7.06. The van der Waals surface area contributed by atoms with E-state index in [4.69, 9.17) is 0 Å². The van der Waals surface area contributed by atoms with Crippen LogP contribution in [-0.2, 0) is 26.1 Å². The smallest absolute Gasteiger partial charge is 0.183 e. The minimum Gasteiger partial charge on any atom is -0.312 e. The molecule has 140 valence electrons. The predicted molar refractivity (Wildman–Crippen MR) is 103 cm³/mol. The molecule has 1 heterocycles. The van der Waals surface area contributed by atoms with Gasteiger partial charge in [0, 0.05) is 6.04 Å². The number of sulfone groups is 2. The maximum Gasteiger partial charge on any atom is 0.183 e. The van der Waals surface area contributed by atoms with E-state index in [1.54, 1.807) is 18.2 Å². The molecule has 2 atom stereocenters. The summed E-state index contributed by atoms with van der Waals surface area (Å²) in [6, 6.07) is 17.5. The average molecular weight is 394 g/mol. The van der Waals surface area contributed by atoms with Gasteiger partial charge in [-0.05, 0) is 37.1 Å². The van der Waals surface area contributed by atoms with Crippen molar-refractivity contribution in [3.63, 3.8) is 0 Å². The van der Waals surface area contributed by atoms with E-state index in [1.807, 2.05) is 30.3 Å². The molecule has 1 N–H and O–H groups in total. The van der Waals surface area contributed by atoms with Crippen molar-refractivity contribution < 1.29 is 16.8 Å². The molecule has 26 heavy (non-hydrogen) atoms. The fraction of sp³-hybridized carbons (Fsp3) is 0.368. The highest BCUT2D eigenvalue weighted by Crippen LogP contribution is 2.25. The lowest BCUT2D eigenvalue weighted by Crippen LogP contribution is -2.43. The Hall–Kier alpha value is -1.70. The molecule has 0 unspecified atom stereocenters. The van der Waals surface area contributed by atoms with E-state index in [-0.39, 0.29) is 16.4 Å². The van der Waals surface area contributed by atoms with Gasteiger partial charge in [-0.3, -0.25) is 0 Å². The van der Waals surface area contributed by atoms with Gasteiger partial charge >= 0.3 is 0 Å². The Labute approximate surface area is 155 Å². The van der Waals surface area contributed by atoms with Crippen molar-refractivity contribution in [2.45, 2.75) is 29.0 Å². The van der Waals surface area contributed by atoms with E-state index in [0.717, 1.165) is 12.8 Å². The standard InChI is InChI=1S/C19H23NO4S2/c21-25(22)14-18(20-13-7-10-16-8-3-1-4-9-16)19(15-25)26(23,24)17-11-5-2-6-12-17/h1-6,8-9,11-12,18-20H,7,10,13-15H2/t18-,19-/m0/s1. The van der Waals surface area contributed by atoms with Gasteiger partial charge in [-0.15, -0.1) is 0 Å². The van der Waals surface area contributed by atoms with Gasteiger partial charge < -0.3 is 5.32 Å². The average Bonchev–Trinajstić information content (AvgIpc) is 2.96. The molecule has 1 saturated heterocycles. The van der Waals surface area contributed by atoms with Gasteiger partial charge in [-0.1, -0.05) is 48.5 Å².